The predicted molar refractivity (Wildman–Crippen MR) is 93.9 cm³/mol. The van der Waals surface area contributed by atoms with Crippen molar-refractivity contribution in [2.24, 2.45) is 0 Å². The second-order valence-corrected chi connectivity index (χ2v) is 9.42. The van der Waals surface area contributed by atoms with Gasteiger partial charge in [0.2, 0.25) is 14.2 Å². The van der Waals surface area contributed by atoms with Crippen molar-refractivity contribution < 1.29 is 8.42 Å². The molecule has 0 radical (unpaired) electrons. The molecule has 0 bridgehead atoms. The first kappa shape index (κ1) is 16.4. The number of fused-ring (bicyclic) bond motifs is 1. The molecule has 2 aromatic heterocycles. The summed E-state index contributed by atoms with van der Waals surface area (Å²) in [5.74, 6) is 0.426. The molecule has 120 valence electrons. The van der Waals surface area contributed by atoms with E-state index in [2.05, 4.69) is 15.0 Å². The smallest absolute Gasteiger partial charge is 0.210 e. The van der Waals surface area contributed by atoms with Gasteiger partial charge in [-0.25, -0.2) is 23.4 Å². The molecule has 0 aliphatic heterocycles. The van der Waals surface area contributed by atoms with E-state index in [4.69, 9.17) is 0 Å². The molecule has 3 rings (SSSR count). The quantitative estimate of drug-likeness (QED) is 0.510. The minimum atomic E-state index is -3.38. The van der Waals surface area contributed by atoms with Gasteiger partial charge in [0, 0.05) is 17.1 Å². The average Bonchev–Trinajstić information content (AvgIpc) is 2.91. The zero-order valence-corrected chi connectivity index (χ0v) is 15.1. The van der Waals surface area contributed by atoms with Crippen LogP contribution >= 0.6 is 23.1 Å². The first-order valence-electron chi connectivity index (χ1n) is 6.97. The van der Waals surface area contributed by atoms with Gasteiger partial charge in [-0.05, 0) is 32.0 Å². The van der Waals surface area contributed by atoms with Crippen LogP contribution in [-0.2, 0) is 9.84 Å². The van der Waals surface area contributed by atoms with E-state index in [9.17, 15) is 8.42 Å². The van der Waals surface area contributed by atoms with E-state index in [1.807, 2.05) is 44.2 Å². The lowest BCUT2D eigenvalue weighted by Crippen LogP contribution is -2.09. The fourth-order valence-corrected chi connectivity index (χ4v) is 6.02. The van der Waals surface area contributed by atoms with Crippen LogP contribution in [-0.4, -0.2) is 34.9 Å². The summed E-state index contributed by atoms with van der Waals surface area (Å²) in [7, 11) is -3.38. The van der Waals surface area contributed by atoms with Crippen molar-refractivity contribution >= 4 is 43.2 Å². The number of hydrogen-bond donors (Lipinski definition) is 0. The highest BCUT2D eigenvalue weighted by Crippen LogP contribution is 2.26. The van der Waals surface area contributed by atoms with Crippen molar-refractivity contribution in [2.45, 2.75) is 23.3 Å². The Morgan fingerprint density at radius 2 is 1.78 bits per heavy atom. The summed E-state index contributed by atoms with van der Waals surface area (Å²) in [4.78, 5) is 12.8. The van der Waals surface area contributed by atoms with Crippen molar-refractivity contribution in [3.63, 3.8) is 0 Å². The molecule has 0 unspecified atom stereocenters. The number of thioether (sulfide) groups is 1. The first-order valence-corrected chi connectivity index (χ1v) is 10.4. The van der Waals surface area contributed by atoms with Crippen molar-refractivity contribution in [3.8, 4) is 0 Å². The number of para-hydroxylation sites is 1. The van der Waals surface area contributed by atoms with E-state index in [0.29, 0.717) is 10.9 Å². The van der Waals surface area contributed by atoms with Gasteiger partial charge in [0.05, 0.1) is 16.0 Å². The molecule has 3 aromatic rings. The highest BCUT2D eigenvalue weighted by atomic mass is 32.2. The number of aryl methyl sites for hydroxylation is 2. The number of rotatable bonds is 5. The van der Waals surface area contributed by atoms with Gasteiger partial charge >= 0.3 is 0 Å². The second kappa shape index (κ2) is 6.54. The van der Waals surface area contributed by atoms with Crippen LogP contribution in [0.15, 0.2) is 39.8 Å². The highest BCUT2D eigenvalue weighted by Gasteiger charge is 2.19. The molecular weight excluding hydrogens is 350 g/mol. The molecule has 2 heterocycles. The first-order chi connectivity index (χ1) is 10.9. The Balaban J connectivity index is 1.71. The molecule has 0 N–H and O–H groups in total. The fourth-order valence-electron chi connectivity index (χ4n) is 2.07. The number of hydrogen-bond acceptors (Lipinski definition) is 7. The van der Waals surface area contributed by atoms with Crippen molar-refractivity contribution in [1.82, 2.24) is 15.0 Å². The van der Waals surface area contributed by atoms with Crippen LogP contribution in [0.4, 0.5) is 0 Å². The van der Waals surface area contributed by atoms with Crippen molar-refractivity contribution in [3.05, 3.63) is 41.7 Å². The van der Waals surface area contributed by atoms with Gasteiger partial charge in [0.1, 0.15) is 0 Å². The normalized spacial score (nSPS) is 11.9. The molecule has 8 heteroatoms. The minimum Gasteiger partial charge on any atom is -0.228 e. The van der Waals surface area contributed by atoms with E-state index in [0.717, 1.165) is 21.6 Å². The van der Waals surface area contributed by atoms with Crippen LogP contribution in [0.5, 0.6) is 0 Å². The lowest BCUT2D eigenvalue weighted by molar-refractivity contribution is 0.597. The van der Waals surface area contributed by atoms with Gasteiger partial charge in [-0.1, -0.05) is 23.9 Å². The molecule has 0 aliphatic carbocycles. The molecule has 0 aliphatic rings. The van der Waals surface area contributed by atoms with Gasteiger partial charge in [0.25, 0.3) is 0 Å². The summed E-state index contributed by atoms with van der Waals surface area (Å²) in [6.45, 7) is 3.80. The summed E-state index contributed by atoms with van der Waals surface area (Å²) in [5.41, 5.74) is 2.49. The summed E-state index contributed by atoms with van der Waals surface area (Å²) >= 11 is 2.57. The fraction of sp³-hybridized carbons (Fsp3) is 0.267. The van der Waals surface area contributed by atoms with Gasteiger partial charge in [0.15, 0.2) is 5.16 Å². The topological polar surface area (TPSA) is 72.8 Å². The Morgan fingerprint density at radius 1 is 1.09 bits per heavy atom. The molecule has 23 heavy (non-hydrogen) atoms. The third-order valence-corrected chi connectivity index (χ3v) is 7.40. The second-order valence-electron chi connectivity index (χ2n) is 5.05. The molecule has 0 spiro atoms. The summed E-state index contributed by atoms with van der Waals surface area (Å²) in [6.07, 6.45) is 0. The van der Waals surface area contributed by atoms with Gasteiger partial charge in [-0.2, -0.15) is 0 Å². The maximum atomic E-state index is 12.4. The summed E-state index contributed by atoms with van der Waals surface area (Å²) in [5, 5.41) is 0.613. The summed E-state index contributed by atoms with van der Waals surface area (Å²) in [6, 6.07) is 9.32. The van der Waals surface area contributed by atoms with Crippen molar-refractivity contribution in [1.29, 1.82) is 0 Å². The minimum absolute atomic E-state index is 0.0217. The summed E-state index contributed by atoms with van der Waals surface area (Å²) < 4.78 is 25.9. The van der Waals surface area contributed by atoms with Crippen LogP contribution in [0.3, 0.4) is 0 Å². The van der Waals surface area contributed by atoms with E-state index in [-0.39, 0.29) is 10.1 Å². The maximum Gasteiger partial charge on any atom is 0.210 e. The van der Waals surface area contributed by atoms with Crippen LogP contribution in [0.1, 0.15) is 11.4 Å². The molecule has 0 atom stereocenters. The Labute approximate surface area is 143 Å². The van der Waals surface area contributed by atoms with Gasteiger partial charge in [-0.3, -0.25) is 0 Å². The van der Waals surface area contributed by atoms with Crippen LogP contribution in [0.2, 0.25) is 0 Å². The number of aromatic nitrogens is 3. The van der Waals surface area contributed by atoms with Crippen LogP contribution in [0, 0.1) is 13.8 Å². The van der Waals surface area contributed by atoms with E-state index >= 15 is 0 Å². The monoisotopic (exact) mass is 365 g/mol. The number of sulfone groups is 1. The van der Waals surface area contributed by atoms with Crippen molar-refractivity contribution in [2.75, 3.05) is 11.5 Å². The van der Waals surface area contributed by atoms with E-state index < -0.39 is 9.84 Å². The Kier molecular flexibility index (Phi) is 4.65. The largest absolute Gasteiger partial charge is 0.228 e. The predicted octanol–water partition coefficient (Wildman–Crippen LogP) is 3.27. The Morgan fingerprint density at radius 3 is 2.48 bits per heavy atom. The average molecular weight is 366 g/mol. The zero-order chi connectivity index (χ0) is 16.4. The van der Waals surface area contributed by atoms with E-state index in [1.165, 1.54) is 23.1 Å². The molecular formula is C15H15N3O2S3. The molecule has 0 amide bonds. The molecule has 0 fully saturated rings. The molecule has 5 nitrogen and oxygen atoms in total. The third-order valence-electron chi connectivity index (χ3n) is 3.09. The number of benzene rings is 1. The maximum absolute atomic E-state index is 12.4. The Bertz CT molecular complexity index is 898. The SMILES string of the molecule is Cc1cc(C)nc(SCCS(=O)(=O)c2nc3ccccc3s2)n1. The Hall–Kier alpha value is -1.51. The van der Waals surface area contributed by atoms with Gasteiger partial charge < -0.3 is 0 Å². The molecule has 0 saturated carbocycles. The standard InChI is InChI=1S/C15H15N3O2S3/c1-10-9-11(2)17-14(16-10)21-7-8-23(19,20)15-18-12-5-3-4-6-13(12)22-15/h3-6,9H,7-8H2,1-2H3. The highest BCUT2D eigenvalue weighted by molar-refractivity contribution is 8.00. The molecule has 0 saturated heterocycles. The number of nitrogens with zero attached hydrogens (tertiary/aromatic N) is 3. The van der Waals surface area contributed by atoms with Gasteiger partial charge in [-0.15, -0.1) is 11.3 Å². The lowest BCUT2D eigenvalue weighted by Gasteiger charge is -2.03. The number of thiazole rings is 1. The third kappa shape index (κ3) is 3.88. The van der Waals surface area contributed by atoms with Crippen LogP contribution < -0.4 is 0 Å². The molecule has 1 aromatic carbocycles. The van der Waals surface area contributed by atoms with E-state index in [1.54, 1.807) is 0 Å². The lowest BCUT2D eigenvalue weighted by atomic mass is 10.3. The van der Waals surface area contributed by atoms with Crippen LogP contribution in [0.25, 0.3) is 10.2 Å². The zero-order valence-electron chi connectivity index (χ0n) is 12.7.